The van der Waals surface area contributed by atoms with Crippen molar-refractivity contribution in [1.29, 1.82) is 0 Å². The summed E-state index contributed by atoms with van der Waals surface area (Å²) in [6.07, 6.45) is 2.27. The van der Waals surface area contributed by atoms with E-state index in [4.69, 9.17) is 10.8 Å². The fourth-order valence-corrected chi connectivity index (χ4v) is 1.79. The van der Waals surface area contributed by atoms with Gasteiger partial charge in [-0.3, -0.25) is 0 Å². The summed E-state index contributed by atoms with van der Waals surface area (Å²) in [7, 11) is 0. The van der Waals surface area contributed by atoms with Crippen molar-refractivity contribution in [3.8, 4) is 0 Å². The molecule has 6 heteroatoms. The molecule has 86 valence electrons. The summed E-state index contributed by atoms with van der Waals surface area (Å²) in [5, 5.41) is 8.85. The molecule has 2 heterocycles. The Balaban J connectivity index is 2.24. The van der Waals surface area contributed by atoms with E-state index >= 15 is 0 Å². The van der Waals surface area contributed by atoms with Crippen molar-refractivity contribution in [2.45, 2.75) is 19.4 Å². The van der Waals surface area contributed by atoms with Crippen LogP contribution in [-0.2, 0) is 0 Å². The van der Waals surface area contributed by atoms with Crippen LogP contribution in [0.25, 0.3) is 0 Å². The Morgan fingerprint density at radius 2 is 2.44 bits per heavy atom. The first-order valence-electron chi connectivity index (χ1n) is 5.15. The Bertz CT molecular complexity index is 421. The Kier molecular flexibility index (Phi) is 2.74. The number of nitrogens with zero attached hydrogens (tertiary/aromatic N) is 3. The van der Waals surface area contributed by atoms with Gasteiger partial charge in [-0.2, -0.15) is 0 Å². The first kappa shape index (κ1) is 10.8. The summed E-state index contributed by atoms with van der Waals surface area (Å²) >= 11 is 0. The predicted molar refractivity (Wildman–Crippen MR) is 58.5 cm³/mol. The van der Waals surface area contributed by atoms with Crippen molar-refractivity contribution in [1.82, 2.24) is 9.97 Å². The number of rotatable bonds is 2. The van der Waals surface area contributed by atoms with Gasteiger partial charge in [0, 0.05) is 25.3 Å². The van der Waals surface area contributed by atoms with Gasteiger partial charge >= 0.3 is 5.97 Å². The van der Waals surface area contributed by atoms with Gasteiger partial charge in [0.25, 0.3) is 0 Å². The lowest BCUT2D eigenvalue weighted by Gasteiger charge is -2.15. The lowest BCUT2D eigenvalue weighted by atomic mass is 10.2. The maximum Gasteiger partial charge on any atom is 0.339 e. The van der Waals surface area contributed by atoms with Crippen LogP contribution >= 0.6 is 0 Å². The third-order valence-corrected chi connectivity index (χ3v) is 2.70. The molecule has 1 aromatic heterocycles. The van der Waals surface area contributed by atoms with Crippen LogP contribution in [0.3, 0.4) is 0 Å². The number of aromatic carboxylic acids is 1. The Morgan fingerprint density at radius 3 is 2.94 bits per heavy atom. The van der Waals surface area contributed by atoms with E-state index in [0.717, 1.165) is 19.5 Å². The van der Waals surface area contributed by atoms with Crippen molar-refractivity contribution in [3.63, 3.8) is 0 Å². The number of anilines is 1. The minimum Gasteiger partial charge on any atom is -0.478 e. The van der Waals surface area contributed by atoms with Gasteiger partial charge in [-0.15, -0.1) is 0 Å². The van der Waals surface area contributed by atoms with E-state index in [1.807, 2.05) is 4.90 Å². The molecule has 1 atom stereocenters. The second-order valence-corrected chi connectivity index (χ2v) is 3.97. The summed E-state index contributed by atoms with van der Waals surface area (Å²) in [5.41, 5.74) is 6.42. The molecule has 0 amide bonds. The van der Waals surface area contributed by atoms with Gasteiger partial charge in [0.05, 0.1) is 11.3 Å². The molecule has 0 aliphatic carbocycles. The lowest BCUT2D eigenvalue weighted by molar-refractivity contribution is 0.0695. The predicted octanol–water partition coefficient (Wildman–Crippen LogP) is 0.0206. The van der Waals surface area contributed by atoms with E-state index < -0.39 is 5.97 Å². The first-order chi connectivity index (χ1) is 7.58. The van der Waals surface area contributed by atoms with Crippen molar-refractivity contribution in [2.24, 2.45) is 5.73 Å². The topological polar surface area (TPSA) is 92.3 Å². The molecule has 1 fully saturated rings. The van der Waals surface area contributed by atoms with Gasteiger partial charge in [0.15, 0.2) is 0 Å². The molecule has 0 bridgehead atoms. The molecule has 0 radical (unpaired) electrons. The van der Waals surface area contributed by atoms with Crippen molar-refractivity contribution >= 4 is 11.9 Å². The van der Waals surface area contributed by atoms with E-state index in [1.165, 1.54) is 6.20 Å². The molecule has 0 saturated carbocycles. The van der Waals surface area contributed by atoms with Crippen LogP contribution < -0.4 is 10.6 Å². The average molecular weight is 222 g/mol. The number of carbonyl (C=O) groups is 1. The SMILES string of the molecule is Cc1nc(N2CCC(N)C2)ncc1C(=O)O. The van der Waals surface area contributed by atoms with Gasteiger partial charge in [-0.25, -0.2) is 14.8 Å². The summed E-state index contributed by atoms with van der Waals surface area (Å²) in [5.74, 6) is -0.433. The van der Waals surface area contributed by atoms with Crippen LogP contribution in [-0.4, -0.2) is 40.2 Å². The van der Waals surface area contributed by atoms with E-state index in [9.17, 15) is 4.79 Å². The number of hydrogen-bond donors (Lipinski definition) is 2. The van der Waals surface area contributed by atoms with Crippen molar-refractivity contribution in [3.05, 3.63) is 17.5 Å². The monoisotopic (exact) mass is 222 g/mol. The van der Waals surface area contributed by atoms with Crippen molar-refractivity contribution < 1.29 is 9.90 Å². The van der Waals surface area contributed by atoms with Gasteiger partial charge < -0.3 is 15.7 Å². The molecule has 2 rings (SSSR count). The highest BCUT2D eigenvalue weighted by Gasteiger charge is 2.22. The number of hydrogen-bond acceptors (Lipinski definition) is 5. The molecule has 1 aromatic rings. The van der Waals surface area contributed by atoms with Crippen LogP contribution in [0.5, 0.6) is 0 Å². The Labute approximate surface area is 93.1 Å². The van der Waals surface area contributed by atoms with E-state index in [0.29, 0.717) is 11.6 Å². The molecular formula is C10H14N4O2. The number of carboxylic acids is 1. The fourth-order valence-electron chi connectivity index (χ4n) is 1.79. The first-order valence-corrected chi connectivity index (χ1v) is 5.15. The summed E-state index contributed by atoms with van der Waals surface area (Å²) < 4.78 is 0. The summed E-state index contributed by atoms with van der Waals surface area (Å²) in [4.78, 5) is 21.0. The number of aryl methyl sites for hydroxylation is 1. The zero-order chi connectivity index (χ0) is 11.7. The van der Waals surface area contributed by atoms with Crippen LogP contribution in [0.2, 0.25) is 0 Å². The van der Waals surface area contributed by atoms with Crippen LogP contribution in [0.15, 0.2) is 6.20 Å². The Hall–Kier alpha value is -1.69. The fraction of sp³-hybridized carbons (Fsp3) is 0.500. The highest BCUT2D eigenvalue weighted by molar-refractivity contribution is 5.88. The normalized spacial score (nSPS) is 20.1. The zero-order valence-corrected chi connectivity index (χ0v) is 9.05. The third-order valence-electron chi connectivity index (χ3n) is 2.70. The largest absolute Gasteiger partial charge is 0.478 e. The lowest BCUT2D eigenvalue weighted by Crippen LogP contribution is -2.27. The van der Waals surface area contributed by atoms with Gasteiger partial charge in [-0.1, -0.05) is 0 Å². The summed E-state index contributed by atoms with van der Waals surface area (Å²) in [6, 6.07) is 0.156. The molecule has 1 aliphatic heterocycles. The van der Waals surface area contributed by atoms with Crippen molar-refractivity contribution in [2.75, 3.05) is 18.0 Å². The molecule has 0 spiro atoms. The molecule has 16 heavy (non-hydrogen) atoms. The molecule has 3 N–H and O–H groups in total. The average Bonchev–Trinajstić information content (AvgIpc) is 2.64. The molecule has 0 aromatic carbocycles. The second-order valence-electron chi connectivity index (χ2n) is 3.97. The standard InChI is InChI=1S/C10H14N4O2/c1-6-8(9(15)16)4-12-10(13-6)14-3-2-7(11)5-14/h4,7H,2-3,5,11H2,1H3,(H,15,16). The minimum atomic E-state index is -0.998. The van der Waals surface area contributed by atoms with Crippen LogP contribution in [0, 0.1) is 6.92 Å². The quantitative estimate of drug-likeness (QED) is 0.733. The minimum absolute atomic E-state index is 0.146. The number of aromatic nitrogens is 2. The van der Waals surface area contributed by atoms with E-state index in [2.05, 4.69) is 9.97 Å². The molecule has 1 aliphatic rings. The number of carboxylic acid groups (broad SMARTS) is 1. The summed E-state index contributed by atoms with van der Waals surface area (Å²) in [6.45, 7) is 3.23. The van der Waals surface area contributed by atoms with Crippen LogP contribution in [0.4, 0.5) is 5.95 Å². The second kappa shape index (κ2) is 4.05. The maximum absolute atomic E-state index is 10.8. The smallest absolute Gasteiger partial charge is 0.339 e. The van der Waals surface area contributed by atoms with Gasteiger partial charge in [0.2, 0.25) is 5.95 Å². The number of nitrogens with two attached hydrogens (primary N) is 1. The van der Waals surface area contributed by atoms with E-state index in [-0.39, 0.29) is 11.6 Å². The molecule has 6 nitrogen and oxygen atoms in total. The van der Waals surface area contributed by atoms with E-state index in [1.54, 1.807) is 6.92 Å². The highest BCUT2D eigenvalue weighted by Crippen LogP contribution is 2.16. The molecule has 1 unspecified atom stereocenters. The maximum atomic E-state index is 10.8. The molecule has 1 saturated heterocycles. The van der Waals surface area contributed by atoms with Gasteiger partial charge in [-0.05, 0) is 13.3 Å². The highest BCUT2D eigenvalue weighted by atomic mass is 16.4. The Morgan fingerprint density at radius 1 is 1.69 bits per heavy atom. The van der Waals surface area contributed by atoms with Crippen LogP contribution in [0.1, 0.15) is 22.5 Å². The zero-order valence-electron chi connectivity index (χ0n) is 9.05. The third kappa shape index (κ3) is 1.96. The molecular weight excluding hydrogens is 208 g/mol. The van der Waals surface area contributed by atoms with Gasteiger partial charge in [0.1, 0.15) is 0 Å².